The summed E-state index contributed by atoms with van der Waals surface area (Å²) in [6.45, 7) is 12.6. The largest absolute Gasteiger partial charge is 0.393 e. The Kier molecular flexibility index (Phi) is 6.44. The molecule has 2 N–H and O–H groups in total. The summed E-state index contributed by atoms with van der Waals surface area (Å²) in [6, 6.07) is 0. The molecule has 3 unspecified atom stereocenters. The van der Waals surface area contributed by atoms with Crippen molar-refractivity contribution in [2.75, 3.05) is 0 Å². The van der Waals surface area contributed by atoms with Crippen molar-refractivity contribution >= 4 is 0 Å². The first-order valence-electron chi connectivity index (χ1n) is 13.5. The van der Waals surface area contributed by atoms with Crippen LogP contribution in [0.3, 0.4) is 0 Å². The molecular formula is C28H50O2. The van der Waals surface area contributed by atoms with Crippen LogP contribution in [0.5, 0.6) is 0 Å². The van der Waals surface area contributed by atoms with Gasteiger partial charge in [0.15, 0.2) is 0 Å². The molecule has 2 heteroatoms. The Hall–Kier alpha value is -0.0800. The summed E-state index contributed by atoms with van der Waals surface area (Å²) in [6.07, 6.45) is 16.1. The first-order chi connectivity index (χ1) is 14.2. The monoisotopic (exact) mass is 418 g/mol. The Bertz CT molecular complexity index is 603. The van der Waals surface area contributed by atoms with Crippen LogP contribution in [0.2, 0.25) is 0 Å². The summed E-state index contributed by atoms with van der Waals surface area (Å²) in [7, 11) is 0. The van der Waals surface area contributed by atoms with Crippen molar-refractivity contribution in [3.63, 3.8) is 0 Å². The van der Waals surface area contributed by atoms with E-state index in [0.717, 1.165) is 55.3 Å². The van der Waals surface area contributed by atoms with Crippen LogP contribution in [0.15, 0.2) is 0 Å². The topological polar surface area (TPSA) is 40.5 Å². The molecule has 4 rings (SSSR count). The Balaban J connectivity index is 1.49. The van der Waals surface area contributed by atoms with Crippen molar-refractivity contribution < 1.29 is 10.2 Å². The van der Waals surface area contributed by atoms with Crippen LogP contribution in [-0.2, 0) is 0 Å². The second kappa shape index (κ2) is 8.36. The summed E-state index contributed by atoms with van der Waals surface area (Å²) >= 11 is 0. The summed E-state index contributed by atoms with van der Waals surface area (Å²) in [5.74, 6) is 4.19. The smallest absolute Gasteiger partial charge is 0.0543 e. The SMILES string of the molecule is CCC(O)CCC[C@@H](C)[C@H]1CC[C@@]2(C)C3CC[C@H]4C[C@@H](O)CC[C@]4(C)C3CC[C@]12C. The first-order valence-corrected chi connectivity index (χ1v) is 13.5. The number of hydrogen-bond acceptors (Lipinski definition) is 2. The van der Waals surface area contributed by atoms with Gasteiger partial charge in [0.05, 0.1) is 12.2 Å². The van der Waals surface area contributed by atoms with Gasteiger partial charge in [0.2, 0.25) is 0 Å². The highest BCUT2D eigenvalue weighted by molar-refractivity contribution is 5.14. The normalized spacial score (nSPS) is 50.3. The molecule has 0 aromatic carbocycles. The van der Waals surface area contributed by atoms with E-state index in [4.69, 9.17) is 0 Å². The predicted octanol–water partition coefficient (Wildman–Crippen LogP) is 6.97. The van der Waals surface area contributed by atoms with E-state index in [1.807, 2.05) is 0 Å². The Morgan fingerprint density at radius 2 is 1.60 bits per heavy atom. The minimum absolute atomic E-state index is 0.0352. The van der Waals surface area contributed by atoms with Crippen LogP contribution in [0.1, 0.15) is 118 Å². The molecule has 10 atom stereocenters. The molecule has 4 aliphatic carbocycles. The number of aliphatic hydroxyl groups is 2. The van der Waals surface area contributed by atoms with Gasteiger partial charge >= 0.3 is 0 Å². The van der Waals surface area contributed by atoms with Crippen LogP contribution in [0.4, 0.5) is 0 Å². The van der Waals surface area contributed by atoms with E-state index in [1.165, 1.54) is 57.8 Å². The number of hydrogen-bond donors (Lipinski definition) is 2. The highest BCUT2D eigenvalue weighted by Crippen LogP contribution is 2.73. The highest BCUT2D eigenvalue weighted by atomic mass is 16.3. The fourth-order valence-electron chi connectivity index (χ4n) is 9.68. The van der Waals surface area contributed by atoms with Gasteiger partial charge in [0.1, 0.15) is 0 Å². The second-order valence-corrected chi connectivity index (χ2v) is 12.9. The Morgan fingerprint density at radius 1 is 0.867 bits per heavy atom. The molecule has 0 heterocycles. The fourth-order valence-corrected chi connectivity index (χ4v) is 9.68. The van der Waals surface area contributed by atoms with E-state index in [-0.39, 0.29) is 12.2 Å². The van der Waals surface area contributed by atoms with Crippen molar-refractivity contribution in [2.24, 2.45) is 45.8 Å². The van der Waals surface area contributed by atoms with Gasteiger partial charge in [0.25, 0.3) is 0 Å². The third-order valence-corrected chi connectivity index (χ3v) is 11.9. The number of aliphatic hydroxyl groups excluding tert-OH is 2. The molecule has 174 valence electrons. The summed E-state index contributed by atoms with van der Waals surface area (Å²) in [4.78, 5) is 0. The third kappa shape index (κ3) is 3.51. The van der Waals surface area contributed by atoms with Crippen molar-refractivity contribution in [2.45, 2.75) is 130 Å². The molecule has 0 amide bonds. The fraction of sp³-hybridized carbons (Fsp3) is 1.00. The van der Waals surface area contributed by atoms with E-state index in [2.05, 4.69) is 34.6 Å². The maximum Gasteiger partial charge on any atom is 0.0543 e. The summed E-state index contributed by atoms with van der Waals surface area (Å²) < 4.78 is 0. The zero-order valence-corrected chi connectivity index (χ0v) is 20.6. The van der Waals surface area contributed by atoms with Crippen molar-refractivity contribution in [1.82, 2.24) is 0 Å². The van der Waals surface area contributed by atoms with Gasteiger partial charge in [0, 0.05) is 0 Å². The van der Waals surface area contributed by atoms with Crippen LogP contribution in [-0.4, -0.2) is 22.4 Å². The molecule has 0 aromatic heterocycles. The second-order valence-electron chi connectivity index (χ2n) is 12.9. The van der Waals surface area contributed by atoms with Crippen LogP contribution >= 0.6 is 0 Å². The predicted molar refractivity (Wildman–Crippen MR) is 125 cm³/mol. The van der Waals surface area contributed by atoms with Crippen molar-refractivity contribution in [1.29, 1.82) is 0 Å². The van der Waals surface area contributed by atoms with Gasteiger partial charge in [-0.05, 0) is 116 Å². The molecule has 4 saturated carbocycles. The Morgan fingerprint density at radius 3 is 2.33 bits per heavy atom. The molecule has 0 radical (unpaired) electrons. The van der Waals surface area contributed by atoms with Gasteiger partial charge in [-0.2, -0.15) is 0 Å². The molecule has 0 saturated heterocycles. The minimum Gasteiger partial charge on any atom is -0.393 e. The van der Waals surface area contributed by atoms with Crippen LogP contribution < -0.4 is 0 Å². The van der Waals surface area contributed by atoms with Gasteiger partial charge in [-0.15, -0.1) is 0 Å². The van der Waals surface area contributed by atoms with Crippen LogP contribution in [0.25, 0.3) is 0 Å². The lowest BCUT2D eigenvalue weighted by Gasteiger charge is -2.65. The van der Waals surface area contributed by atoms with E-state index < -0.39 is 0 Å². The first kappa shape index (κ1) is 23.1. The minimum atomic E-state index is -0.0954. The lowest BCUT2D eigenvalue weighted by Crippen LogP contribution is -2.58. The average Bonchev–Trinajstić information content (AvgIpc) is 2.99. The Labute approximate surface area is 186 Å². The molecular weight excluding hydrogens is 368 g/mol. The van der Waals surface area contributed by atoms with E-state index in [1.54, 1.807) is 0 Å². The third-order valence-electron chi connectivity index (χ3n) is 11.9. The maximum absolute atomic E-state index is 10.3. The van der Waals surface area contributed by atoms with Gasteiger partial charge in [-0.25, -0.2) is 0 Å². The van der Waals surface area contributed by atoms with Gasteiger partial charge < -0.3 is 10.2 Å². The van der Waals surface area contributed by atoms with E-state index >= 15 is 0 Å². The van der Waals surface area contributed by atoms with Gasteiger partial charge in [-0.3, -0.25) is 0 Å². The quantitative estimate of drug-likeness (QED) is 0.489. The van der Waals surface area contributed by atoms with Crippen LogP contribution in [0, 0.1) is 45.8 Å². The van der Waals surface area contributed by atoms with E-state index in [9.17, 15) is 10.2 Å². The number of fused-ring (bicyclic) bond motifs is 5. The zero-order chi connectivity index (χ0) is 21.7. The summed E-state index contributed by atoms with van der Waals surface area (Å²) in [5.41, 5.74) is 1.47. The molecule has 0 aliphatic heterocycles. The highest BCUT2D eigenvalue weighted by Gasteiger charge is 2.65. The lowest BCUT2D eigenvalue weighted by molar-refractivity contribution is -0.165. The zero-order valence-electron chi connectivity index (χ0n) is 20.6. The molecule has 4 aliphatic rings. The van der Waals surface area contributed by atoms with Crippen molar-refractivity contribution in [3.05, 3.63) is 0 Å². The summed E-state index contributed by atoms with van der Waals surface area (Å²) in [5, 5.41) is 20.3. The van der Waals surface area contributed by atoms with Gasteiger partial charge in [-0.1, -0.05) is 47.5 Å². The maximum atomic E-state index is 10.3. The van der Waals surface area contributed by atoms with E-state index in [0.29, 0.717) is 16.2 Å². The van der Waals surface area contributed by atoms with Crippen molar-refractivity contribution in [3.8, 4) is 0 Å². The molecule has 4 fully saturated rings. The standard InChI is InChI=1S/C28H50O2/c1-6-21(29)9-7-8-19(2)23-13-16-28(5)25-11-10-20-18-22(30)12-15-26(20,3)24(25)14-17-27(23,28)4/h19-25,29-30H,6-18H2,1-5H3/t19-,20+,21?,22+,23-,24?,25?,26+,27-,28+/m1/s1. The molecule has 0 aromatic rings. The number of rotatable bonds is 6. The lowest BCUT2D eigenvalue weighted by atomic mass is 9.40. The molecule has 0 bridgehead atoms. The molecule has 0 spiro atoms. The molecule has 2 nitrogen and oxygen atoms in total. The average molecular weight is 419 g/mol. The molecule has 30 heavy (non-hydrogen) atoms.